The predicted molar refractivity (Wildman–Crippen MR) is 127 cm³/mol. The van der Waals surface area contributed by atoms with Crippen molar-refractivity contribution in [3.8, 4) is 17.1 Å². The molecule has 4 N–H and O–H groups in total. The molecule has 1 aliphatic heterocycles. The predicted octanol–water partition coefficient (Wildman–Crippen LogP) is 2.33. The minimum atomic E-state index is -4.87. The highest BCUT2D eigenvalue weighted by Gasteiger charge is 2.58. The molecular weight excluding hydrogens is 526 g/mol. The maximum absolute atomic E-state index is 14.3. The van der Waals surface area contributed by atoms with E-state index >= 15 is 0 Å². The van der Waals surface area contributed by atoms with Crippen molar-refractivity contribution in [1.29, 1.82) is 0 Å². The van der Waals surface area contributed by atoms with E-state index in [1.165, 1.54) is 19.2 Å². The van der Waals surface area contributed by atoms with Crippen LogP contribution in [0, 0.1) is 11.7 Å². The van der Waals surface area contributed by atoms with Crippen LogP contribution in [-0.2, 0) is 4.79 Å². The number of pyridine rings is 1. The second-order valence-corrected chi connectivity index (χ2v) is 10.7. The highest BCUT2D eigenvalue weighted by molar-refractivity contribution is 5.94. The van der Waals surface area contributed by atoms with Crippen molar-refractivity contribution in [1.82, 2.24) is 25.4 Å². The number of aromatic amines is 1. The molecule has 0 aromatic carbocycles. The lowest BCUT2D eigenvalue weighted by atomic mass is 9.79. The molecule has 1 saturated heterocycles. The molecule has 3 heterocycles. The van der Waals surface area contributed by atoms with Crippen LogP contribution in [0.15, 0.2) is 18.3 Å². The zero-order chi connectivity index (χ0) is 28.2. The van der Waals surface area contributed by atoms with Crippen LogP contribution in [0.1, 0.15) is 55.4 Å². The highest BCUT2D eigenvalue weighted by atomic mass is 19.4. The molecule has 1 spiro atoms. The van der Waals surface area contributed by atoms with Gasteiger partial charge >= 0.3 is 6.18 Å². The lowest BCUT2D eigenvalue weighted by molar-refractivity contribution is -0.279. The van der Waals surface area contributed by atoms with Crippen LogP contribution in [0.5, 0.6) is 5.88 Å². The zero-order valence-corrected chi connectivity index (χ0v) is 21.1. The summed E-state index contributed by atoms with van der Waals surface area (Å²) in [5.41, 5.74) is -3.00. The molecule has 3 aliphatic rings. The number of aromatic nitrogens is 3. The summed E-state index contributed by atoms with van der Waals surface area (Å²) in [6.45, 7) is 0.262. The van der Waals surface area contributed by atoms with Gasteiger partial charge in [-0.1, -0.05) is 0 Å². The van der Waals surface area contributed by atoms with Crippen molar-refractivity contribution in [2.45, 2.75) is 74.4 Å². The van der Waals surface area contributed by atoms with Gasteiger partial charge in [-0.25, -0.2) is 9.37 Å². The first kappa shape index (κ1) is 27.3. The van der Waals surface area contributed by atoms with Crippen molar-refractivity contribution < 1.29 is 42.1 Å². The van der Waals surface area contributed by atoms with Crippen molar-refractivity contribution in [3.05, 3.63) is 29.8 Å². The molecule has 2 amide bonds. The summed E-state index contributed by atoms with van der Waals surface area (Å²) in [6.07, 6.45) is -5.07. The van der Waals surface area contributed by atoms with Gasteiger partial charge in [0.1, 0.15) is 0 Å². The van der Waals surface area contributed by atoms with E-state index in [1.54, 1.807) is 4.90 Å². The van der Waals surface area contributed by atoms with Gasteiger partial charge in [0.05, 0.1) is 31.1 Å². The second-order valence-electron chi connectivity index (χ2n) is 10.7. The topological polar surface area (TPSA) is 141 Å². The van der Waals surface area contributed by atoms with Gasteiger partial charge in [-0.2, -0.15) is 18.3 Å². The van der Waals surface area contributed by atoms with Gasteiger partial charge in [0.2, 0.25) is 11.8 Å². The maximum Gasteiger partial charge on any atom is 0.417 e. The van der Waals surface area contributed by atoms with Crippen LogP contribution < -0.4 is 10.1 Å². The molecular formula is C25H29F4N5O5. The quantitative estimate of drug-likeness (QED) is 0.415. The largest absolute Gasteiger partial charge is 0.481 e. The standard InChI is InChI=1S/C25H29F4N5O5/c1-39-20-8-14(15(26)12-30-20)17-9-18(33-32-17)22(37)34-7-3-13(10-23(34)5-6-23)21(36)31-16-2-4-24(38,11-19(16)35)25(27,28)29/h8-9,12-13,16,19,35,38H,2-7,10-11H2,1H3,(H,31,36)(H,32,33)/t13-,16+,19+,24-/m0/s1. The van der Waals surface area contributed by atoms with E-state index in [4.69, 9.17) is 4.74 Å². The first-order chi connectivity index (χ1) is 18.4. The van der Waals surface area contributed by atoms with E-state index in [2.05, 4.69) is 20.5 Å². The molecule has 10 nitrogen and oxygen atoms in total. The Morgan fingerprint density at radius 2 is 1.95 bits per heavy atom. The van der Waals surface area contributed by atoms with Gasteiger partial charge in [0.25, 0.3) is 5.91 Å². The Hall–Kier alpha value is -3.26. The third kappa shape index (κ3) is 5.07. The number of halogens is 4. The lowest BCUT2D eigenvalue weighted by Gasteiger charge is -2.42. The summed E-state index contributed by atoms with van der Waals surface area (Å²) in [4.78, 5) is 31.8. The fourth-order valence-electron chi connectivity index (χ4n) is 5.70. The van der Waals surface area contributed by atoms with Crippen LogP contribution in [0.4, 0.5) is 17.6 Å². The Kier molecular flexibility index (Phi) is 6.82. The van der Waals surface area contributed by atoms with Gasteiger partial charge in [-0.05, 0) is 44.6 Å². The monoisotopic (exact) mass is 555 g/mol. The summed E-state index contributed by atoms with van der Waals surface area (Å²) in [5, 5.41) is 29.5. The summed E-state index contributed by atoms with van der Waals surface area (Å²) in [6, 6.07) is 1.93. The number of nitrogens with zero attached hydrogens (tertiary/aromatic N) is 3. The third-order valence-electron chi connectivity index (χ3n) is 8.21. The Balaban J connectivity index is 1.22. The summed E-state index contributed by atoms with van der Waals surface area (Å²) >= 11 is 0. The fourth-order valence-corrected chi connectivity index (χ4v) is 5.70. The van der Waals surface area contributed by atoms with Gasteiger partial charge in [-0.3, -0.25) is 14.7 Å². The first-order valence-corrected chi connectivity index (χ1v) is 12.7. The maximum atomic E-state index is 14.3. The number of nitrogens with one attached hydrogen (secondary N) is 2. The molecule has 2 aromatic rings. The molecule has 0 unspecified atom stereocenters. The Labute approximate surface area is 220 Å². The molecule has 2 saturated carbocycles. The third-order valence-corrected chi connectivity index (χ3v) is 8.21. The number of carbonyl (C=O) groups excluding carboxylic acids is 2. The van der Waals surface area contributed by atoms with Crippen molar-refractivity contribution in [3.63, 3.8) is 0 Å². The van der Waals surface area contributed by atoms with E-state index in [0.717, 1.165) is 6.20 Å². The summed E-state index contributed by atoms with van der Waals surface area (Å²) in [5.74, 6) is -1.65. The first-order valence-electron chi connectivity index (χ1n) is 12.7. The Morgan fingerprint density at radius 3 is 2.59 bits per heavy atom. The number of piperidine rings is 1. The van der Waals surface area contributed by atoms with Crippen molar-refractivity contribution in [2.75, 3.05) is 13.7 Å². The Bertz CT molecular complexity index is 1270. The molecule has 0 radical (unpaired) electrons. The fraction of sp³-hybridized carbons (Fsp3) is 0.600. The molecule has 0 bridgehead atoms. The molecule has 3 fully saturated rings. The number of carbonyl (C=O) groups is 2. The number of methoxy groups -OCH3 is 1. The van der Waals surface area contributed by atoms with Crippen LogP contribution >= 0.6 is 0 Å². The molecule has 14 heteroatoms. The van der Waals surface area contributed by atoms with Crippen molar-refractivity contribution in [2.24, 2.45) is 5.92 Å². The van der Waals surface area contributed by atoms with Gasteiger partial charge in [0, 0.05) is 36.1 Å². The minimum Gasteiger partial charge on any atom is -0.481 e. The number of amides is 2. The lowest BCUT2D eigenvalue weighted by Crippen LogP contribution is -2.58. The molecule has 5 rings (SSSR count). The number of aliphatic hydroxyl groups excluding tert-OH is 1. The normalized spacial score (nSPS) is 28.3. The van der Waals surface area contributed by atoms with E-state index in [9.17, 15) is 37.4 Å². The highest BCUT2D eigenvalue weighted by Crippen LogP contribution is 2.50. The van der Waals surface area contributed by atoms with E-state index in [-0.39, 0.29) is 47.6 Å². The summed E-state index contributed by atoms with van der Waals surface area (Å²) in [7, 11) is 1.40. The summed E-state index contributed by atoms with van der Waals surface area (Å²) < 4.78 is 58.7. The number of rotatable bonds is 5. The average molecular weight is 556 g/mol. The van der Waals surface area contributed by atoms with Crippen molar-refractivity contribution >= 4 is 11.8 Å². The van der Waals surface area contributed by atoms with Gasteiger partial charge in [-0.15, -0.1) is 0 Å². The van der Waals surface area contributed by atoms with Crippen LogP contribution in [-0.4, -0.2) is 85.2 Å². The Morgan fingerprint density at radius 1 is 1.21 bits per heavy atom. The zero-order valence-electron chi connectivity index (χ0n) is 21.1. The number of likely N-dealkylation sites (tertiary alicyclic amines) is 1. The molecule has 2 aromatic heterocycles. The second kappa shape index (κ2) is 9.73. The average Bonchev–Trinajstić information content (AvgIpc) is 3.46. The number of H-pyrrole nitrogens is 1. The van der Waals surface area contributed by atoms with E-state index in [1.807, 2.05) is 0 Å². The number of aliphatic hydroxyl groups is 2. The molecule has 212 valence electrons. The minimum absolute atomic E-state index is 0.0943. The van der Waals surface area contributed by atoms with E-state index in [0.29, 0.717) is 25.7 Å². The smallest absolute Gasteiger partial charge is 0.417 e. The molecule has 39 heavy (non-hydrogen) atoms. The van der Waals surface area contributed by atoms with Gasteiger partial charge in [0.15, 0.2) is 17.1 Å². The SMILES string of the molecule is COc1cc(-c2cc(C(=O)N3CC[C@H](C(=O)N[C@@H]4CC[C@@](O)(C(F)(F)F)C[C@H]4O)CC34CC4)n[nH]2)c(F)cn1. The van der Waals surface area contributed by atoms with Gasteiger partial charge < -0.3 is 25.2 Å². The number of ether oxygens (including phenoxy) is 1. The van der Waals surface area contributed by atoms with E-state index < -0.39 is 54.0 Å². The van der Waals surface area contributed by atoms with Crippen LogP contribution in [0.25, 0.3) is 11.3 Å². The number of hydrogen-bond donors (Lipinski definition) is 4. The number of hydrogen-bond acceptors (Lipinski definition) is 7. The molecule has 2 aliphatic carbocycles. The number of alkyl halides is 3. The molecule has 4 atom stereocenters. The van der Waals surface area contributed by atoms with Crippen LogP contribution in [0.2, 0.25) is 0 Å². The van der Waals surface area contributed by atoms with Crippen LogP contribution in [0.3, 0.4) is 0 Å².